The molecule has 0 saturated heterocycles. The number of carbonyl (C=O) groups excluding carboxylic acids is 1. The summed E-state index contributed by atoms with van der Waals surface area (Å²) in [6.45, 7) is 0. The average Bonchev–Trinajstić information content (AvgIpc) is 2.91. The number of nitrogens with one attached hydrogen (secondary N) is 2. The highest BCUT2D eigenvalue weighted by Gasteiger charge is 2.16. The van der Waals surface area contributed by atoms with Crippen molar-refractivity contribution in [3.63, 3.8) is 0 Å². The van der Waals surface area contributed by atoms with Crippen LogP contribution in [0.15, 0.2) is 36.7 Å². The van der Waals surface area contributed by atoms with Crippen molar-refractivity contribution >= 4 is 17.5 Å². The number of hydrogen-bond donors (Lipinski definition) is 2. The van der Waals surface area contributed by atoms with Gasteiger partial charge in [-0.15, -0.1) is 0 Å². The molecule has 2 aromatic rings. The summed E-state index contributed by atoms with van der Waals surface area (Å²) in [6.07, 6.45) is 10.1. The fraction of sp³-hybridized carbons (Fsp3) is 0.421. The molecular formula is C19H24N4O2. The van der Waals surface area contributed by atoms with Crippen molar-refractivity contribution in [1.82, 2.24) is 15.3 Å². The van der Waals surface area contributed by atoms with Gasteiger partial charge in [0.15, 0.2) is 0 Å². The molecule has 25 heavy (non-hydrogen) atoms. The van der Waals surface area contributed by atoms with Crippen LogP contribution in [0.2, 0.25) is 0 Å². The zero-order valence-electron chi connectivity index (χ0n) is 14.5. The highest BCUT2D eigenvalue weighted by molar-refractivity contribution is 5.93. The summed E-state index contributed by atoms with van der Waals surface area (Å²) in [7, 11) is 1.63. The van der Waals surface area contributed by atoms with Gasteiger partial charge in [0.25, 0.3) is 5.91 Å². The number of rotatable bonds is 5. The van der Waals surface area contributed by atoms with Crippen molar-refractivity contribution in [3.8, 4) is 5.75 Å². The molecule has 0 bridgehead atoms. The summed E-state index contributed by atoms with van der Waals surface area (Å²) < 4.78 is 5.13. The summed E-state index contributed by atoms with van der Waals surface area (Å²) in [6, 6.07) is 7.75. The molecular weight excluding hydrogens is 316 g/mol. The Bertz CT molecular complexity index is 678. The third-order valence-corrected chi connectivity index (χ3v) is 4.45. The van der Waals surface area contributed by atoms with Gasteiger partial charge in [-0.05, 0) is 37.1 Å². The Morgan fingerprint density at radius 1 is 1.04 bits per heavy atom. The van der Waals surface area contributed by atoms with Crippen molar-refractivity contribution in [2.45, 2.75) is 44.6 Å². The van der Waals surface area contributed by atoms with E-state index in [4.69, 9.17) is 4.74 Å². The third kappa shape index (κ3) is 4.92. The van der Waals surface area contributed by atoms with Crippen molar-refractivity contribution in [3.05, 3.63) is 42.2 Å². The van der Waals surface area contributed by atoms with Crippen molar-refractivity contribution < 1.29 is 9.53 Å². The second kappa shape index (κ2) is 8.46. The molecule has 1 aromatic heterocycles. The summed E-state index contributed by atoms with van der Waals surface area (Å²) in [4.78, 5) is 20.8. The Balaban J connectivity index is 1.57. The smallest absolute Gasteiger partial charge is 0.254 e. The van der Waals surface area contributed by atoms with Crippen molar-refractivity contribution in [2.24, 2.45) is 0 Å². The molecule has 3 rings (SSSR count). The van der Waals surface area contributed by atoms with Crippen LogP contribution in [0.4, 0.5) is 11.6 Å². The number of anilines is 2. The van der Waals surface area contributed by atoms with Crippen LogP contribution in [-0.4, -0.2) is 29.0 Å². The van der Waals surface area contributed by atoms with E-state index in [0.717, 1.165) is 24.3 Å². The number of benzene rings is 1. The van der Waals surface area contributed by atoms with E-state index < -0.39 is 0 Å². The summed E-state index contributed by atoms with van der Waals surface area (Å²) in [5, 5.41) is 6.21. The van der Waals surface area contributed by atoms with Gasteiger partial charge in [0.2, 0.25) is 5.95 Å². The number of carbonyl (C=O) groups is 1. The Labute approximate surface area is 148 Å². The highest BCUT2D eigenvalue weighted by atomic mass is 16.5. The molecule has 0 radical (unpaired) electrons. The van der Waals surface area contributed by atoms with Gasteiger partial charge >= 0.3 is 0 Å². The number of ether oxygens (including phenoxy) is 1. The molecule has 0 aliphatic heterocycles. The Hall–Kier alpha value is -2.63. The van der Waals surface area contributed by atoms with Gasteiger partial charge < -0.3 is 15.4 Å². The van der Waals surface area contributed by atoms with Gasteiger partial charge in [-0.2, -0.15) is 0 Å². The number of aromatic nitrogens is 2. The molecule has 132 valence electrons. The lowest BCUT2D eigenvalue weighted by molar-refractivity contribution is 0.0932. The topological polar surface area (TPSA) is 76.1 Å². The van der Waals surface area contributed by atoms with E-state index in [1.807, 2.05) is 24.3 Å². The normalized spacial score (nSPS) is 15.2. The Kier molecular flexibility index (Phi) is 5.82. The van der Waals surface area contributed by atoms with E-state index in [-0.39, 0.29) is 11.9 Å². The largest absolute Gasteiger partial charge is 0.497 e. The Morgan fingerprint density at radius 2 is 1.68 bits per heavy atom. The van der Waals surface area contributed by atoms with E-state index in [1.54, 1.807) is 19.5 Å². The predicted molar refractivity (Wildman–Crippen MR) is 97.3 cm³/mol. The first-order valence-corrected chi connectivity index (χ1v) is 8.78. The molecule has 6 nitrogen and oxygen atoms in total. The molecule has 1 saturated carbocycles. The molecule has 1 amide bonds. The number of hydrogen-bond acceptors (Lipinski definition) is 5. The van der Waals surface area contributed by atoms with Crippen LogP contribution >= 0.6 is 0 Å². The van der Waals surface area contributed by atoms with Gasteiger partial charge in [-0.25, -0.2) is 9.97 Å². The summed E-state index contributed by atoms with van der Waals surface area (Å²) in [5.41, 5.74) is 1.35. The zero-order valence-corrected chi connectivity index (χ0v) is 14.5. The maximum absolute atomic E-state index is 12.3. The molecule has 0 spiro atoms. The number of methoxy groups -OCH3 is 1. The van der Waals surface area contributed by atoms with Crippen LogP contribution in [0.5, 0.6) is 5.75 Å². The molecule has 1 fully saturated rings. The van der Waals surface area contributed by atoms with Gasteiger partial charge in [-0.1, -0.05) is 25.7 Å². The van der Waals surface area contributed by atoms with E-state index >= 15 is 0 Å². The first-order valence-electron chi connectivity index (χ1n) is 8.78. The second-order valence-electron chi connectivity index (χ2n) is 6.31. The lowest BCUT2D eigenvalue weighted by Gasteiger charge is -2.16. The zero-order chi connectivity index (χ0) is 17.5. The van der Waals surface area contributed by atoms with Crippen LogP contribution < -0.4 is 15.4 Å². The molecule has 2 N–H and O–H groups in total. The highest BCUT2D eigenvalue weighted by Crippen LogP contribution is 2.19. The third-order valence-electron chi connectivity index (χ3n) is 4.45. The molecule has 0 atom stereocenters. The molecule has 6 heteroatoms. The SMILES string of the molecule is COc1ccc(Nc2ncc(C(=O)NC3CCCCCC3)cn2)cc1. The van der Waals surface area contributed by atoms with E-state index in [2.05, 4.69) is 20.6 Å². The lowest BCUT2D eigenvalue weighted by Crippen LogP contribution is -2.34. The molecule has 1 heterocycles. The van der Waals surface area contributed by atoms with E-state index in [9.17, 15) is 4.79 Å². The summed E-state index contributed by atoms with van der Waals surface area (Å²) in [5.74, 6) is 1.15. The standard InChI is InChI=1S/C19H24N4O2/c1-25-17-10-8-16(9-11-17)23-19-20-12-14(13-21-19)18(24)22-15-6-4-2-3-5-7-15/h8-13,15H,2-7H2,1H3,(H,22,24)(H,20,21,23). The first-order chi connectivity index (χ1) is 12.2. The molecule has 1 aliphatic rings. The minimum Gasteiger partial charge on any atom is -0.497 e. The van der Waals surface area contributed by atoms with Crippen LogP contribution in [0.25, 0.3) is 0 Å². The predicted octanol–water partition coefficient (Wildman–Crippen LogP) is 3.68. The average molecular weight is 340 g/mol. The van der Waals surface area contributed by atoms with Gasteiger partial charge in [0.1, 0.15) is 5.75 Å². The Morgan fingerprint density at radius 3 is 2.28 bits per heavy atom. The molecule has 1 aromatic carbocycles. The van der Waals surface area contributed by atoms with Crippen LogP contribution in [0.1, 0.15) is 48.9 Å². The monoisotopic (exact) mass is 340 g/mol. The van der Waals surface area contributed by atoms with Gasteiger partial charge in [0, 0.05) is 24.1 Å². The summed E-state index contributed by atoms with van der Waals surface area (Å²) >= 11 is 0. The van der Waals surface area contributed by atoms with E-state index in [1.165, 1.54) is 25.7 Å². The fourth-order valence-corrected chi connectivity index (χ4v) is 3.01. The molecule has 1 aliphatic carbocycles. The van der Waals surface area contributed by atoms with Gasteiger partial charge in [0.05, 0.1) is 12.7 Å². The second-order valence-corrected chi connectivity index (χ2v) is 6.31. The quantitative estimate of drug-likeness (QED) is 0.812. The van der Waals surface area contributed by atoms with Gasteiger partial charge in [-0.3, -0.25) is 4.79 Å². The van der Waals surface area contributed by atoms with Crippen LogP contribution in [-0.2, 0) is 0 Å². The lowest BCUT2D eigenvalue weighted by atomic mass is 10.1. The minimum atomic E-state index is -0.0945. The first kappa shape index (κ1) is 17.2. The minimum absolute atomic E-state index is 0.0945. The van der Waals surface area contributed by atoms with Crippen LogP contribution in [0.3, 0.4) is 0 Å². The molecule has 0 unspecified atom stereocenters. The maximum atomic E-state index is 12.3. The number of nitrogens with zero attached hydrogens (tertiary/aromatic N) is 2. The van der Waals surface area contributed by atoms with Crippen LogP contribution in [0, 0.1) is 0 Å². The van der Waals surface area contributed by atoms with Crippen molar-refractivity contribution in [2.75, 3.05) is 12.4 Å². The number of amides is 1. The van der Waals surface area contributed by atoms with E-state index in [0.29, 0.717) is 11.5 Å². The van der Waals surface area contributed by atoms with Crippen molar-refractivity contribution in [1.29, 1.82) is 0 Å². The maximum Gasteiger partial charge on any atom is 0.254 e. The fourth-order valence-electron chi connectivity index (χ4n) is 3.01.